The topological polar surface area (TPSA) is 35.2 Å². The molecule has 0 atom stereocenters. The minimum Gasteiger partial charge on any atom is -0.381 e. The zero-order valence-corrected chi connectivity index (χ0v) is 8.64. The molecule has 0 amide bonds. The lowest BCUT2D eigenvalue weighted by Gasteiger charge is -2.36. The Kier molecular flexibility index (Phi) is 2.37. The minimum absolute atomic E-state index is 0.522. The number of ether oxygens (including phenoxy) is 1. The normalized spacial score (nSPS) is 30.0. The zero-order chi connectivity index (χ0) is 9.36. The van der Waals surface area contributed by atoms with Crippen molar-refractivity contribution < 1.29 is 4.74 Å². The van der Waals surface area contributed by atoms with Crippen LogP contribution in [0.15, 0.2) is 0 Å². The van der Waals surface area contributed by atoms with Crippen LogP contribution in [0.4, 0.5) is 0 Å². The molecule has 1 saturated heterocycles. The van der Waals surface area contributed by atoms with E-state index in [4.69, 9.17) is 10.5 Å². The Morgan fingerprint density at radius 3 is 2.23 bits per heavy atom. The summed E-state index contributed by atoms with van der Waals surface area (Å²) in [7, 11) is 0. The molecule has 1 saturated carbocycles. The van der Waals surface area contributed by atoms with Crippen LogP contribution >= 0.6 is 0 Å². The molecule has 76 valence electrons. The molecular weight excluding hydrogens is 162 g/mol. The maximum Gasteiger partial charge on any atom is 0.0471 e. The van der Waals surface area contributed by atoms with Gasteiger partial charge in [-0.2, -0.15) is 0 Å². The molecule has 2 fully saturated rings. The highest BCUT2D eigenvalue weighted by atomic mass is 16.5. The fourth-order valence-electron chi connectivity index (χ4n) is 2.58. The van der Waals surface area contributed by atoms with Crippen LogP contribution in [-0.2, 0) is 4.74 Å². The first kappa shape index (κ1) is 9.47. The van der Waals surface area contributed by atoms with Gasteiger partial charge in [-0.1, -0.05) is 6.92 Å². The average Bonchev–Trinajstić information content (AvgIpc) is 2.86. The second kappa shape index (κ2) is 3.25. The van der Waals surface area contributed by atoms with Crippen LogP contribution in [0.25, 0.3) is 0 Å². The molecule has 2 heteroatoms. The summed E-state index contributed by atoms with van der Waals surface area (Å²) in [5.74, 6) is 0. The quantitative estimate of drug-likeness (QED) is 0.725. The summed E-state index contributed by atoms with van der Waals surface area (Å²) in [6, 6.07) is 0. The molecule has 1 heterocycles. The van der Waals surface area contributed by atoms with Crippen LogP contribution in [0.2, 0.25) is 0 Å². The molecule has 0 bridgehead atoms. The van der Waals surface area contributed by atoms with Gasteiger partial charge in [-0.25, -0.2) is 0 Å². The summed E-state index contributed by atoms with van der Waals surface area (Å²) in [6.07, 6.45) is 6.52. The van der Waals surface area contributed by atoms with Crippen molar-refractivity contribution in [2.45, 2.75) is 39.0 Å². The van der Waals surface area contributed by atoms with E-state index in [1.54, 1.807) is 0 Å². The fraction of sp³-hybridized carbons (Fsp3) is 1.00. The van der Waals surface area contributed by atoms with E-state index in [9.17, 15) is 0 Å². The third kappa shape index (κ3) is 2.05. The number of nitrogens with two attached hydrogens (primary N) is 1. The van der Waals surface area contributed by atoms with E-state index >= 15 is 0 Å². The first-order valence-corrected chi connectivity index (χ1v) is 5.46. The Balaban J connectivity index is 1.91. The molecule has 1 aliphatic carbocycles. The minimum atomic E-state index is 0.522. The third-order valence-electron chi connectivity index (χ3n) is 3.89. The smallest absolute Gasteiger partial charge is 0.0471 e. The van der Waals surface area contributed by atoms with Crippen LogP contribution < -0.4 is 5.73 Å². The van der Waals surface area contributed by atoms with Crippen LogP contribution in [0.1, 0.15) is 39.0 Å². The van der Waals surface area contributed by atoms with Crippen molar-refractivity contribution in [3.63, 3.8) is 0 Å². The maximum absolute atomic E-state index is 5.81. The molecule has 2 N–H and O–H groups in total. The van der Waals surface area contributed by atoms with Gasteiger partial charge >= 0.3 is 0 Å². The molecule has 2 rings (SSSR count). The van der Waals surface area contributed by atoms with Gasteiger partial charge < -0.3 is 10.5 Å². The second-order valence-electron chi connectivity index (χ2n) is 5.30. The van der Waals surface area contributed by atoms with Crippen molar-refractivity contribution in [2.75, 3.05) is 19.8 Å². The highest BCUT2D eigenvalue weighted by molar-refractivity contribution is 4.98. The van der Waals surface area contributed by atoms with Gasteiger partial charge in [0.2, 0.25) is 0 Å². The molecule has 2 aliphatic rings. The van der Waals surface area contributed by atoms with E-state index in [0.717, 1.165) is 19.8 Å². The lowest BCUT2D eigenvalue weighted by Crippen LogP contribution is -2.31. The summed E-state index contributed by atoms with van der Waals surface area (Å²) >= 11 is 0. The molecule has 0 radical (unpaired) electrons. The summed E-state index contributed by atoms with van der Waals surface area (Å²) < 4.78 is 5.40. The molecule has 0 unspecified atom stereocenters. The maximum atomic E-state index is 5.81. The van der Waals surface area contributed by atoms with Gasteiger partial charge in [0.15, 0.2) is 0 Å². The highest BCUT2D eigenvalue weighted by Gasteiger charge is 2.46. The van der Waals surface area contributed by atoms with E-state index in [2.05, 4.69) is 6.92 Å². The average molecular weight is 183 g/mol. The summed E-state index contributed by atoms with van der Waals surface area (Å²) in [5.41, 5.74) is 6.87. The highest BCUT2D eigenvalue weighted by Crippen LogP contribution is 2.54. The van der Waals surface area contributed by atoms with E-state index in [-0.39, 0.29) is 0 Å². The van der Waals surface area contributed by atoms with Crippen LogP contribution in [0.3, 0.4) is 0 Å². The number of rotatable bonds is 3. The summed E-state index contributed by atoms with van der Waals surface area (Å²) in [5, 5.41) is 0. The van der Waals surface area contributed by atoms with Gasteiger partial charge in [0.1, 0.15) is 0 Å². The third-order valence-corrected chi connectivity index (χ3v) is 3.89. The van der Waals surface area contributed by atoms with Gasteiger partial charge in [-0.3, -0.25) is 0 Å². The lowest BCUT2D eigenvalue weighted by molar-refractivity contribution is 0.00994. The lowest BCUT2D eigenvalue weighted by atomic mass is 9.74. The number of hydrogen-bond donors (Lipinski definition) is 1. The molecule has 0 aromatic heterocycles. The predicted molar refractivity (Wildman–Crippen MR) is 53.5 cm³/mol. The van der Waals surface area contributed by atoms with Crippen molar-refractivity contribution in [3.05, 3.63) is 0 Å². The van der Waals surface area contributed by atoms with Crippen molar-refractivity contribution in [1.29, 1.82) is 0 Å². The molecule has 1 aliphatic heterocycles. The Hall–Kier alpha value is -0.0800. The molecule has 0 aromatic rings. The van der Waals surface area contributed by atoms with Crippen molar-refractivity contribution in [2.24, 2.45) is 16.6 Å². The van der Waals surface area contributed by atoms with E-state index in [0.29, 0.717) is 10.8 Å². The molecular formula is C11H21NO. The van der Waals surface area contributed by atoms with E-state index < -0.39 is 0 Å². The van der Waals surface area contributed by atoms with Gasteiger partial charge in [0.05, 0.1) is 0 Å². The van der Waals surface area contributed by atoms with Crippen LogP contribution in [-0.4, -0.2) is 19.8 Å². The van der Waals surface area contributed by atoms with Crippen molar-refractivity contribution in [3.8, 4) is 0 Å². The molecule has 2 nitrogen and oxygen atoms in total. The van der Waals surface area contributed by atoms with Crippen LogP contribution in [0.5, 0.6) is 0 Å². The Bertz CT molecular complexity index is 181. The Morgan fingerprint density at radius 2 is 1.77 bits per heavy atom. The van der Waals surface area contributed by atoms with E-state index in [1.807, 2.05) is 0 Å². The van der Waals surface area contributed by atoms with Crippen LogP contribution in [0, 0.1) is 10.8 Å². The molecule has 0 aromatic carbocycles. The largest absolute Gasteiger partial charge is 0.381 e. The molecule has 0 spiro atoms. The predicted octanol–water partition coefficient (Wildman–Crippen LogP) is 1.93. The van der Waals surface area contributed by atoms with E-state index in [1.165, 1.54) is 32.1 Å². The number of hydrogen-bond acceptors (Lipinski definition) is 2. The van der Waals surface area contributed by atoms with Gasteiger partial charge in [0.25, 0.3) is 0 Å². The van der Waals surface area contributed by atoms with Crippen molar-refractivity contribution >= 4 is 0 Å². The first-order chi connectivity index (χ1) is 6.18. The monoisotopic (exact) mass is 183 g/mol. The summed E-state index contributed by atoms with van der Waals surface area (Å²) in [4.78, 5) is 0. The zero-order valence-electron chi connectivity index (χ0n) is 8.64. The first-order valence-electron chi connectivity index (χ1n) is 5.46. The van der Waals surface area contributed by atoms with Gasteiger partial charge in [-0.15, -0.1) is 0 Å². The van der Waals surface area contributed by atoms with Gasteiger partial charge in [-0.05, 0) is 49.5 Å². The summed E-state index contributed by atoms with van der Waals surface area (Å²) in [6.45, 7) is 5.21. The molecule has 13 heavy (non-hydrogen) atoms. The Morgan fingerprint density at radius 1 is 1.15 bits per heavy atom. The fourth-order valence-corrected chi connectivity index (χ4v) is 2.58. The SMILES string of the molecule is CC1(CC2(CN)CC2)CCOCC1. The van der Waals surface area contributed by atoms with Crippen molar-refractivity contribution in [1.82, 2.24) is 0 Å². The van der Waals surface area contributed by atoms with Gasteiger partial charge in [0, 0.05) is 13.2 Å². The second-order valence-corrected chi connectivity index (χ2v) is 5.30. The Labute approximate surface area is 80.8 Å². The standard InChI is InChI=1S/C11H21NO/c1-10(4-6-13-7-5-10)8-11(9-12)2-3-11/h2-9,12H2,1H3.